The van der Waals surface area contributed by atoms with Gasteiger partial charge in [0.1, 0.15) is 0 Å². The van der Waals surface area contributed by atoms with E-state index in [1.54, 1.807) is 0 Å². The van der Waals surface area contributed by atoms with Crippen molar-refractivity contribution < 1.29 is 5.11 Å². The van der Waals surface area contributed by atoms with Gasteiger partial charge in [0, 0.05) is 0 Å². The lowest BCUT2D eigenvalue weighted by atomic mass is 9.81. The largest absolute Gasteiger partial charge is 0.392 e. The van der Waals surface area contributed by atoms with Crippen LogP contribution >= 0.6 is 0 Å². The Morgan fingerprint density at radius 3 is 2.29 bits per heavy atom. The number of hydrogen-bond donors (Lipinski definition) is 1. The Kier molecular flexibility index (Phi) is 3.94. The lowest BCUT2D eigenvalue weighted by Gasteiger charge is -2.25. The molecule has 0 radical (unpaired) electrons. The van der Waals surface area contributed by atoms with Crippen molar-refractivity contribution in [3.63, 3.8) is 0 Å². The molecule has 0 aliphatic heterocycles. The summed E-state index contributed by atoms with van der Waals surface area (Å²) >= 11 is 0. The molecule has 1 N–H and O–H groups in total. The monoisotopic (exact) mass is 194 g/mol. The second kappa shape index (κ2) is 4.79. The van der Waals surface area contributed by atoms with Crippen LogP contribution in [0, 0.1) is 11.8 Å². The molecule has 1 aliphatic carbocycles. The van der Waals surface area contributed by atoms with E-state index in [1.807, 2.05) is 0 Å². The average molecular weight is 194 g/mol. The summed E-state index contributed by atoms with van der Waals surface area (Å²) in [4.78, 5) is 0. The first-order valence-corrected chi connectivity index (χ1v) is 5.61. The van der Waals surface area contributed by atoms with Crippen LogP contribution in [0.3, 0.4) is 0 Å². The minimum atomic E-state index is 0.206. The van der Waals surface area contributed by atoms with Crippen LogP contribution in [0.1, 0.15) is 40.5 Å². The molecule has 0 bridgehead atoms. The third kappa shape index (κ3) is 2.27. The van der Waals surface area contributed by atoms with E-state index in [0.717, 1.165) is 12.8 Å². The zero-order valence-electron chi connectivity index (χ0n) is 9.80. The lowest BCUT2D eigenvalue weighted by molar-refractivity contribution is 0.327. The topological polar surface area (TPSA) is 20.2 Å². The normalized spacial score (nSPS) is 18.1. The zero-order valence-corrected chi connectivity index (χ0v) is 9.80. The fourth-order valence-corrected chi connectivity index (χ4v) is 2.26. The third-order valence-electron chi connectivity index (χ3n) is 2.99. The van der Waals surface area contributed by atoms with Crippen molar-refractivity contribution in [1.29, 1.82) is 0 Å². The van der Waals surface area contributed by atoms with Crippen LogP contribution in [-0.2, 0) is 0 Å². The molecule has 0 aromatic heterocycles. The van der Waals surface area contributed by atoms with Gasteiger partial charge < -0.3 is 5.11 Å². The van der Waals surface area contributed by atoms with Crippen molar-refractivity contribution in [2.75, 3.05) is 6.61 Å². The highest BCUT2D eigenvalue weighted by molar-refractivity contribution is 5.40. The minimum absolute atomic E-state index is 0.206. The molecule has 1 rings (SSSR count). The predicted molar refractivity (Wildman–Crippen MR) is 61.1 cm³/mol. The van der Waals surface area contributed by atoms with Gasteiger partial charge in [0.2, 0.25) is 0 Å². The lowest BCUT2D eigenvalue weighted by Crippen LogP contribution is -2.12. The third-order valence-corrected chi connectivity index (χ3v) is 2.99. The first-order valence-electron chi connectivity index (χ1n) is 5.61. The molecule has 0 saturated carbocycles. The molecule has 1 aliphatic rings. The molecular weight excluding hydrogens is 172 g/mol. The van der Waals surface area contributed by atoms with Crippen LogP contribution in [0.5, 0.6) is 0 Å². The van der Waals surface area contributed by atoms with Crippen molar-refractivity contribution in [2.45, 2.75) is 40.5 Å². The predicted octanol–water partition coefficient (Wildman–Crippen LogP) is 3.31. The SMILES string of the molecule is CC(C)C1=CCCC(C(C)C)=C1CO. The maximum Gasteiger partial charge on any atom is 0.0684 e. The van der Waals surface area contributed by atoms with Crippen LogP contribution in [0.2, 0.25) is 0 Å². The molecule has 0 aromatic rings. The van der Waals surface area contributed by atoms with E-state index in [2.05, 4.69) is 33.8 Å². The molecule has 0 amide bonds. The highest BCUT2D eigenvalue weighted by atomic mass is 16.3. The molecule has 0 unspecified atom stereocenters. The number of aliphatic hydroxyl groups is 1. The quantitative estimate of drug-likeness (QED) is 0.731. The summed E-state index contributed by atoms with van der Waals surface area (Å²) < 4.78 is 0. The van der Waals surface area contributed by atoms with Gasteiger partial charge in [-0.15, -0.1) is 0 Å². The van der Waals surface area contributed by atoms with Crippen molar-refractivity contribution in [1.82, 2.24) is 0 Å². The maximum atomic E-state index is 9.43. The van der Waals surface area contributed by atoms with Gasteiger partial charge in [-0.1, -0.05) is 39.3 Å². The van der Waals surface area contributed by atoms with Gasteiger partial charge in [-0.2, -0.15) is 0 Å². The van der Waals surface area contributed by atoms with E-state index < -0.39 is 0 Å². The second-order valence-electron chi connectivity index (χ2n) is 4.67. The second-order valence-corrected chi connectivity index (χ2v) is 4.67. The molecule has 14 heavy (non-hydrogen) atoms. The van der Waals surface area contributed by atoms with Crippen molar-refractivity contribution in [3.8, 4) is 0 Å². The molecule has 0 saturated heterocycles. The highest BCUT2D eigenvalue weighted by Crippen LogP contribution is 2.33. The summed E-state index contributed by atoms with van der Waals surface area (Å²) in [5.41, 5.74) is 4.03. The highest BCUT2D eigenvalue weighted by Gasteiger charge is 2.19. The average Bonchev–Trinajstić information content (AvgIpc) is 2.16. The maximum absolute atomic E-state index is 9.43. The number of aliphatic hydroxyl groups excluding tert-OH is 1. The molecule has 0 aromatic carbocycles. The Morgan fingerprint density at radius 1 is 1.21 bits per heavy atom. The number of allylic oxidation sites excluding steroid dienone is 2. The van der Waals surface area contributed by atoms with E-state index in [9.17, 15) is 5.11 Å². The van der Waals surface area contributed by atoms with Gasteiger partial charge in [-0.3, -0.25) is 0 Å². The fraction of sp³-hybridized carbons (Fsp3) is 0.692. The molecule has 1 heteroatoms. The van der Waals surface area contributed by atoms with Gasteiger partial charge in [0.25, 0.3) is 0 Å². The van der Waals surface area contributed by atoms with Gasteiger partial charge >= 0.3 is 0 Å². The van der Waals surface area contributed by atoms with Crippen LogP contribution in [0.4, 0.5) is 0 Å². The van der Waals surface area contributed by atoms with Crippen molar-refractivity contribution in [3.05, 3.63) is 22.8 Å². The van der Waals surface area contributed by atoms with Gasteiger partial charge in [-0.25, -0.2) is 0 Å². The number of hydrogen-bond acceptors (Lipinski definition) is 1. The Hall–Kier alpha value is -0.560. The van der Waals surface area contributed by atoms with E-state index >= 15 is 0 Å². The van der Waals surface area contributed by atoms with Crippen LogP contribution in [0.15, 0.2) is 22.8 Å². The van der Waals surface area contributed by atoms with E-state index in [-0.39, 0.29) is 6.61 Å². The summed E-state index contributed by atoms with van der Waals surface area (Å²) in [6, 6.07) is 0. The number of rotatable bonds is 3. The summed E-state index contributed by atoms with van der Waals surface area (Å²) in [7, 11) is 0. The smallest absolute Gasteiger partial charge is 0.0684 e. The first-order chi connectivity index (χ1) is 6.57. The molecule has 1 nitrogen and oxygen atoms in total. The molecule has 80 valence electrons. The molecular formula is C13H22O. The van der Waals surface area contributed by atoms with Gasteiger partial charge in [-0.05, 0) is 35.8 Å². The van der Waals surface area contributed by atoms with E-state index in [4.69, 9.17) is 0 Å². The van der Waals surface area contributed by atoms with Crippen molar-refractivity contribution in [2.24, 2.45) is 11.8 Å². The summed E-state index contributed by atoms with van der Waals surface area (Å²) in [5, 5.41) is 9.43. The van der Waals surface area contributed by atoms with Gasteiger partial charge in [0.05, 0.1) is 6.61 Å². The Morgan fingerprint density at radius 2 is 1.86 bits per heavy atom. The first kappa shape index (κ1) is 11.5. The molecule has 0 spiro atoms. The van der Waals surface area contributed by atoms with Crippen LogP contribution in [-0.4, -0.2) is 11.7 Å². The Balaban J connectivity index is 3.04. The minimum Gasteiger partial charge on any atom is -0.392 e. The van der Waals surface area contributed by atoms with Crippen LogP contribution in [0.25, 0.3) is 0 Å². The standard InChI is InChI=1S/C13H22O/c1-9(2)11-6-5-7-12(10(3)4)13(11)8-14/h6,9-10,14H,5,7-8H2,1-4H3. The summed E-state index contributed by atoms with van der Waals surface area (Å²) in [5.74, 6) is 1.10. The van der Waals surface area contributed by atoms with Gasteiger partial charge in [0.15, 0.2) is 0 Å². The summed E-state index contributed by atoms with van der Waals surface area (Å²) in [6.45, 7) is 9.04. The van der Waals surface area contributed by atoms with E-state index in [1.165, 1.54) is 16.7 Å². The zero-order chi connectivity index (χ0) is 10.7. The van der Waals surface area contributed by atoms with Crippen LogP contribution < -0.4 is 0 Å². The fourth-order valence-electron chi connectivity index (χ4n) is 2.26. The Bertz CT molecular complexity index is 256. The summed E-state index contributed by atoms with van der Waals surface area (Å²) in [6.07, 6.45) is 4.57. The molecule has 0 heterocycles. The molecule has 0 atom stereocenters. The van der Waals surface area contributed by atoms with E-state index in [0.29, 0.717) is 11.8 Å². The Labute approximate surface area is 87.5 Å². The molecule has 0 fully saturated rings. The van der Waals surface area contributed by atoms with Crippen molar-refractivity contribution >= 4 is 0 Å².